The molecule has 0 saturated carbocycles. The molecule has 0 aliphatic carbocycles. The van der Waals surface area contributed by atoms with Gasteiger partial charge in [0.25, 0.3) is 0 Å². The number of aliphatic hydroxyl groups excluding tert-OH is 4. The normalized spacial score (nSPS) is 22.5. The monoisotopic (exact) mass is 178 g/mol. The molecule has 1 heterocycles. The van der Waals surface area contributed by atoms with Gasteiger partial charge in [-0.1, -0.05) is 0 Å². The van der Waals surface area contributed by atoms with Crippen LogP contribution in [0.15, 0.2) is 23.2 Å². The topological polar surface area (TPSA) is 131 Å². The smallest absolute Gasteiger partial charge is 0.391 e. The summed E-state index contributed by atoms with van der Waals surface area (Å²) in [5.74, 6) is -8.36. The average molecular weight is 178 g/mol. The van der Waals surface area contributed by atoms with Crippen molar-refractivity contribution in [3.63, 3.8) is 0 Å². The molecule has 7 nitrogen and oxygen atoms in total. The Morgan fingerprint density at radius 3 is 1.92 bits per heavy atom. The highest BCUT2D eigenvalue weighted by atomic mass is 16.8. The van der Waals surface area contributed by atoms with E-state index in [4.69, 9.17) is 30.6 Å². The lowest BCUT2D eigenvalue weighted by Crippen LogP contribution is -2.38. The van der Waals surface area contributed by atoms with Crippen molar-refractivity contribution in [2.45, 2.75) is 5.97 Å². The van der Waals surface area contributed by atoms with Gasteiger partial charge in [0.15, 0.2) is 0 Å². The minimum absolute atomic E-state index is 1.17. The van der Waals surface area contributed by atoms with E-state index in [1.54, 1.807) is 0 Å². The van der Waals surface area contributed by atoms with Gasteiger partial charge in [-0.3, -0.25) is 0 Å². The molecule has 0 radical (unpaired) electrons. The molecular weight excluding hydrogens is 172 g/mol. The maximum atomic E-state index is 8.71. The van der Waals surface area contributed by atoms with Gasteiger partial charge in [-0.15, -0.1) is 0 Å². The van der Waals surface area contributed by atoms with Crippen molar-refractivity contribution in [2.75, 3.05) is 0 Å². The number of hydrogen-bond donors (Lipinski definition) is 6. The molecule has 0 amide bonds. The van der Waals surface area contributed by atoms with Gasteiger partial charge in [-0.2, -0.15) is 0 Å². The highest BCUT2D eigenvalue weighted by Gasteiger charge is 2.42. The van der Waals surface area contributed by atoms with E-state index in [2.05, 4.69) is 4.74 Å². The van der Waals surface area contributed by atoms with E-state index >= 15 is 0 Å². The van der Waals surface area contributed by atoms with Gasteiger partial charge in [0, 0.05) is 0 Å². The van der Waals surface area contributed by atoms with Crippen LogP contribution in [0, 0.1) is 0 Å². The first-order valence-corrected chi connectivity index (χ1v) is 2.75. The van der Waals surface area contributed by atoms with Crippen molar-refractivity contribution in [1.29, 1.82) is 0 Å². The molecule has 7 heteroatoms. The second-order valence-corrected chi connectivity index (χ2v) is 2.06. The maximum Gasteiger partial charge on any atom is 0.391 e. The van der Waals surface area contributed by atoms with Crippen molar-refractivity contribution < 1.29 is 35.4 Å². The van der Waals surface area contributed by atoms with Crippen LogP contribution in [0.5, 0.6) is 0 Å². The second kappa shape index (κ2) is 2.19. The molecule has 0 aromatic heterocycles. The van der Waals surface area contributed by atoms with Crippen LogP contribution < -0.4 is 0 Å². The van der Waals surface area contributed by atoms with E-state index in [-0.39, 0.29) is 0 Å². The summed E-state index contributed by atoms with van der Waals surface area (Å²) in [4.78, 5) is 0. The summed E-state index contributed by atoms with van der Waals surface area (Å²) in [5.41, 5.74) is 0. The highest BCUT2D eigenvalue weighted by molar-refractivity contribution is 5.26. The minimum atomic E-state index is -3.22. The van der Waals surface area contributed by atoms with Crippen LogP contribution in [0.25, 0.3) is 0 Å². The summed E-state index contributed by atoms with van der Waals surface area (Å²) < 4.78 is 3.80. The molecule has 1 aliphatic heterocycles. The Morgan fingerprint density at radius 1 is 0.917 bits per heavy atom. The number of hydrogen-bond acceptors (Lipinski definition) is 7. The van der Waals surface area contributed by atoms with Crippen molar-refractivity contribution in [3.05, 3.63) is 23.2 Å². The fraction of sp³-hybridized carbons (Fsp3) is 0.200. The summed E-state index contributed by atoms with van der Waals surface area (Å²) >= 11 is 0. The van der Waals surface area contributed by atoms with Crippen LogP contribution in [0.1, 0.15) is 0 Å². The van der Waals surface area contributed by atoms with E-state index in [1.165, 1.54) is 0 Å². The SMILES string of the molecule is OC1=C(O)C(O)=C(O)C(O)(O)O1. The molecule has 0 fully saturated rings. The van der Waals surface area contributed by atoms with E-state index in [9.17, 15) is 0 Å². The predicted molar refractivity (Wildman–Crippen MR) is 32.8 cm³/mol. The lowest BCUT2D eigenvalue weighted by molar-refractivity contribution is -0.327. The third kappa shape index (κ3) is 1.00. The first-order chi connectivity index (χ1) is 5.36. The third-order valence-electron chi connectivity index (χ3n) is 1.20. The summed E-state index contributed by atoms with van der Waals surface area (Å²) in [5, 5.41) is 52.0. The quantitative estimate of drug-likeness (QED) is 0.269. The van der Waals surface area contributed by atoms with Crippen LogP contribution in [-0.2, 0) is 4.74 Å². The molecule has 0 saturated heterocycles. The zero-order chi connectivity index (χ0) is 9.52. The molecule has 0 spiro atoms. The Bertz CT molecular complexity index is 274. The molecular formula is C5H6O7. The first kappa shape index (κ1) is 8.50. The molecule has 1 aliphatic rings. The van der Waals surface area contributed by atoms with Crippen LogP contribution >= 0.6 is 0 Å². The fourth-order valence-corrected chi connectivity index (χ4v) is 0.599. The fourth-order valence-electron chi connectivity index (χ4n) is 0.599. The van der Waals surface area contributed by atoms with Crippen molar-refractivity contribution in [1.82, 2.24) is 0 Å². The van der Waals surface area contributed by atoms with Gasteiger partial charge in [-0.05, 0) is 0 Å². The van der Waals surface area contributed by atoms with Crippen molar-refractivity contribution in [2.24, 2.45) is 0 Å². The third-order valence-corrected chi connectivity index (χ3v) is 1.20. The molecule has 0 unspecified atom stereocenters. The van der Waals surface area contributed by atoms with Gasteiger partial charge in [0.05, 0.1) is 0 Å². The summed E-state index contributed by atoms with van der Waals surface area (Å²) in [6.45, 7) is 0. The van der Waals surface area contributed by atoms with Gasteiger partial charge in [0.1, 0.15) is 0 Å². The summed E-state index contributed by atoms with van der Waals surface area (Å²) in [7, 11) is 0. The predicted octanol–water partition coefficient (Wildman–Crippen LogP) is -0.732. The molecule has 0 aromatic carbocycles. The zero-order valence-corrected chi connectivity index (χ0v) is 5.59. The maximum absolute atomic E-state index is 8.71. The lowest BCUT2D eigenvalue weighted by Gasteiger charge is -2.24. The van der Waals surface area contributed by atoms with Gasteiger partial charge in [0.2, 0.25) is 17.3 Å². The van der Waals surface area contributed by atoms with Crippen LogP contribution in [0.2, 0.25) is 0 Å². The van der Waals surface area contributed by atoms with E-state index in [1.807, 2.05) is 0 Å². The molecule has 68 valence electrons. The Balaban J connectivity index is 3.20. The van der Waals surface area contributed by atoms with Gasteiger partial charge >= 0.3 is 11.9 Å². The molecule has 12 heavy (non-hydrogen) atoms. The molecule has 1 rings (SSSR count). The summed E-state index contributed by atoms with van der Waals surface area (Å²) in [6, 6.07) is 0. The Morgan fingerprint density at radius 2 is 1.42 bits per heavy atom. The standard InChI is InChI=1S/C5H6O7/c6-1-2(7)4(9)12-5(10,11)3(1)8/h6-11H. The van der Waals surface area contributed by atoms with Crippen molar-refractivity contribution in [3.8, 4) is 0 Å². The van der Waals surface area contributed by atoms with Crippen LogP contribution in [0.3, 0.4) is 0 Å². The van der Waals surface area contributed by atoms with Gasteiger partial charge < -0.3 is 35.4 Å². The number of ether oxygens (including phenoxy) is 1. The van der Waals surface area contributed by atoms with Crippen LogP contribution in [0.4, 0.5) is 0 Å². The van der Waals surface area contributed by atoms with Gasteiger partial charge in [-0.25, -0.2) is 0 Å². The molecule has 0 bridgehead atoms. The van der Waals surface area contributed by atoms with Crippen molar-refractivity contribution >= 4 is 0 Å². The molecule has 0 aromatic rings. The molecule has 0 atom stereocenters. The minimum Gasteiger partial charge on any atom is -0.502 e. The number of rotatable bonds is 0. The average Bonchev–Trinajstić information content (AvgIpc) is 1.97. The Hall–Kier alpha value is -1.60. The highest BCUT2D eigenvalue weighted by Crippen LogP contribution is 2.28. The largest absolute Gasteiger partial charge is 0.502 e. The molecule has 6 N–H and O–H groups in total. The lowest BCUT2D eigenvalue weighted by atomic mass is 10.3. The Kier molecular flexibility index (Phi) is 1.55. The second-order valence-electron chi connectivity index (χ2n) is 2.06. The zero-order valence-electron chi connectivity index (χ0n) is 5.59. The van der Waals surface area contributed by atoms with E-state index in [0.717, 1.165) is 0 Å². The van der Waals surface area contributed by atoms with E-state index < -0.39 is 29.2 Å². The number of aliphatic hydroxyl groups is 6. The summed E-state index contributed by atoms with van der Waals surface area (Å²) in [6.07, 6.45) is 0. The van der Waals surface area contributed by atoms with Crippen LogP contribution in [-0.4, -0.2) is 36.6 Å². The Labute approximate surface area is 65.7 Å². The van der Waals surface area contributed by atoms with E-state index in [0.29, 0.717) is 0 Å². The first-order valence-electron chi connectivity index (χ1n) is 2.75.